The van der Waals surface area contributed by atoms with Gasteiger partial charge in [-0.15, -0.1) is 0 Å². The number of rotatable bonds is 4. The van der Waals surface area contributed by atoms with Gasteiger partial charge in [-0.3, -0.25) is 9.79 Å². The molecule has 1 fully saturated rings. The van der Waals surface area contributed by atoms with E-state index in [1.54, 1.807) is 13.0 Å². The summed E-state index contributed by atoms with van der Waals surface area (Å²) in [5.74, 6) is -0.623. The molecule has 1 aromatic carbocycles. The SMILES string of the molecule is CCOC(=O)CC1=Nc2cc(F)ccc2/C1=C\N1CCCC1. The van der Waals surface area contributed by atoms with E-state index in [9.17, 15) is 9.18 Å². The van der Waals surface area contributed by atoms with Crippen LogP contribution >= 0.6 is 0 Å². The lowest BCUT2D eigenvalue weighted by Gasteiger charge is -2.14. The van der Waals surface area contributed by atoms with Crippen molar-refractivity contribution in [1.29, 1.82) is 0 Å². The number of nitrogens with zero attached hydrogens (tertiary/aromatic N) is 2. The molecule has 0 saturated carbocycles. The number of carbonyl (C=O) groups excluding carboxylic acids is 1. The van der Waals surface area contributed by atoms with E-state index in [0.29, 0.717) is 18.0 Å². The fourth-order valence-corrected chi connectivity index (χ4v) is 2.87. The van der Waals surface area contributed by atoms with Crippen LogP contribution in [0.2, 0.25) is 0 Å². The van der Waals surface area contributed by atoms with Gasteiger partial charge in [-0.2, -0.15) is 0 Å². The number of ether oxygens (including phenoxy) is 1. The van der Waals surface area contributed by atoms with E-state index in [-0.39, 0.29) is 18.2 Å². The molecule has 0 unspecified atom stereocenters. The number of hydrogen-bond acceptors (Lipinski definition) is 4. The first-order valence-corrected chi connectivity index (χ1v) is 7.66. The highest BCUT2D eigenvalue weighted by Crippen LogP contribution is 2.37. The summed E-state index contributed by atoms with van der Waals surface area (Å²) in [6.07, 6.45) is 4.51. The molecular weight excluding hydrogens is 283 g/mol. The standard InChI is InChI=1S/C17H19FN2O2/c1-2-22-17(21)10-16-14(11-20-7-3-4-8-20)13-6-5-12(18)9-15(13)19-16/h5-6,9,11H,2-4,7-8,10H2,1H3/b14-11+. The van der Waals surface area contributed by atoms with E-state index in [1.807, 2.05) is 0 Å². The van der Waals surface area contributed by atoms with Gasteiger partial charge in [0, 0.05) is 36.5 Å². The molecule has 116 valence electrons. The fourth-order valence-electron chi connectivity index (χ4n) is 2.87. The first kappa shape index (κ1) is 14.8. The zero-order valence-corrected chi connectivity index (χ0v) is 12.6. The monoisotopic (exact) mass is 302 g/mol. The molecule has 0 radical (unpaired) electrons. The molecular formula is C17H19FN2O2. The Morgan fingerprint density at radius 1 is 1.41 bits per heavy atom. The molecule has 3 rings (SSSR count). The lowest BCUT2D eigenvalue weighted by Crippen LogP contribution is -2.15. The van der Waals surface area contributed by atoms with Crippen LogP contribution in [0.15, 0.2) is 29.4 Å². The van der Waals surface area contributed by atoms with Crippen molar-refractivity contribution in [2.75, 3.05) is 19.7 Å². The number of halogens is 1. The molecule has 5 heteroatoms. The summed E-state index contributed by atoms with van der Waals surface area (Å²) in [7, 11) is 0. The Morgan fingerprint density at radius 2 is 2.18 bits per heavy atom. The van der Waals surface area contributed by atoms with Crippen molar-refractivity contribution >= 4 is 22.9 Å². The number of esters is 1. The first-order valence-electron chi connectivity index (χ1n) is 7.66. The summed E-state index contributed by atoms with van der Waals surface area (Å²) in [5, 5.41) is 0. The summed E-state index contributed by atoms with van der Waals surface area (Å²) in [5.41, 5.74) is 3.04. The number of benzene rings is 1. The molecule has 0 aliphatic carbocycles. The summed E-state index contributed by atoms with van der Waals surface area (Å²) in [6, 6.07) is 4.57. The van der Waals surface area contributed by atoms with Crippen molar-refractivity contribution in [3.63, 3.8) is 0 Å². The Kier molecular flexibility index (Phi) is 4.22. The van der Waals surface area contributed by atoms with Crippen LogP contribution < -0.4 is 0 Å². The van der Waals surface area contributed by atoms with Gasteiger partial charge in [0.2, 0.25) is 0 Å². The van der Waals surface area contributed by atoms with Gasteiger partial charge in [0.15, 0.2) is 0 Å². The molecule has 0 bridgehead atoms. The molecule has 2 aliphatic heterocycles. The Bertz CT molecular complexity index is 646. The van der Waals surface area contributed by atoms with Crippen molar-refractivity contribution in [2.45, 2.75) is 26.2 Å². The lowest BCUT2D eigenvalue weighted by atomic mass is 10.0. The van der Waals surface area contributed by atoms with Gasteiger partial charge in [-0.25, -0.2) is 4.39 Å². The average molecular weight is 302 g/mol. The number of hydrogen-bond donors (Lipinski definition) is 0. The predicted octanol–water partition coefficient (Wildman–Crippen LogP) is 3.30. The smallest absolute Gasteiger partial charge is 0.311 e. The Labute approximate surface area is 129 Å². The number of fused-ring (bicyclic) bond motifs is 1. The third kappa shape index (κ3) is 3.03. The van der Waals surface area contributed by atoms with Crippen LogP contribution in [0.1, 0.15) is 31.7 Å². The van der Waals surface area contributed by atoms with E-state index in [1.165, 1.54) is 25.0 Å². The minimum Gasteiger partial charge on any atom is -0.466 e. The molecule has 1 saturated heterocycles. The molecule has 22 heavy (non-hydrogen) atoms. The zero-order chi connectivity index (χ0) is 15.5. The molecule has 0 amide bonds. The van der Waals surface area contributed by atoms with Gasteiger partial charge in [-0.1, -0.05) is 0 Å². The number of allylic oxidation sites excluding steroid dienone is 1. The number of likely N-dealkylation sites (tertiary alicyclic amines) is 1. The molecule has 0 aromatic heterocycles. The maximum atomic E-state index is 13.4. The first-order chi connectivity index (χ1) is 10.7. The fraction of sp³-hybridized carbons (Fsp3) is 0.412. The maximum absolute atomic E-state index is 13.4. The van der Waals surface area contributed by atoms with Crippen LogP contribution in [0.5, 0.6) is 0 Å². The summed E-state index contributed by atoms with van der Waals surface area (Å²) in [6.45, 7) is 4.14. The van der Waals surface area contributed by atoms with Gasteiger partial charge in [-0.05, 0) is 31.9 Å². The Morgan fingerprint density at radius 3 is 2.91 bits per heavy atom. The molecule has 2 aliphatic rings. The third-order valence-corrected chi connectivity index (χ3v) is 3.89. The van der Waals surface area contributed by atoms with Crippen molar-refractivity contribution in [3.05, 3.63) is 35.8 Å². The minimum absolute atomic E-state index is 0.115. The molecule has 0 N–H and O–H groups in total. The molecule has 1 aromatic rings. The molecule has 0 atom stereocenters. The van der Waals surface area contributed by atoms with Crippen LogP contribution in [0.3, 0.4) is 0 Å². The summed E-state index contributed by atoms with van der Waals surface area (Å²) in [4.78, 5) is 18.5. The second-order valence-electron chi connectivity index (χ2n) is 5.49. The maximum Gasteiger partial charge on any atom is 0.311 e. The van der Waals surface area contributed by atoms with Crippen LogP contribution in [0, 0.1) is 5.82 Å². The molecule has 0 spiro atoms. The summed E-state index contributed by atoms with van der Waals surface area (Å²) < 4.78 is 18.4. The topological polar surface area (TPSA) is 41.9 Å². The summed E-state index contributed by atoms with van der Waals surface area (Å²) >= 11 is 0. The van der Waals surface area contributed by atoms with Gasteiger partial charge in [0.1, 0.15) is 5.82 Å². The zero-order valence-electron chi connectivity index (χ0n) is 12.6. The van der Waals surface area contributed by atoms with Crippen molar-refractivity contribution in [2.24, 2.45) is 4.99 Å². The largest absolute Gasteiger partial charge is 0.466 e. The highest BCUT2D eigenvalue weighted by molar-refractivity contribution is 6.32. The molecule has 2 heterocycles. The highest BCUT2D eigenvalue weighted by Gasteiger charge is 2.25. The Hall–Kier alpha value is -2.17. The van der Waals surface area contributed by atoms with Crippen LogP contribution in [0.4, 0.5) is 10.1 Å². The number of aliphatic imine (C=N–C) groups is 1. The van der Waals surface area contributed by atoms with Crippen molar-refractivity contribution < 1.29 is 13.9 Å². The second-order valence-corrected chi connectivity index (χ2v) is 5.49. The van der Waals surface area contributed by atoms with Gasteiger partial charge in [0.05, 0.1) is 24.4 Å². The Balaban J connectivity index is 1.92. The predicted molar refractivity (Wildman–Crippen MR) is 83.5 cm³/mol. The van der Waals surface area contributed by atoms with Gasteiger partial charge in [0.25, 0.3) is 0 Å². The molecule has 4 nitrogen and oxygen atoms in total. The van der Waals surface area contributed by atoms with E-state index < -0.39 is 0 Å². The van der Waals surface area contributed by atoms with Crippen molar-refractivity contribution in [3.8, 4) is 0 Å². The van der Waals surface area contributed by atoms with Crippen LogP contribution in [-0.4, -0.2) is 36.3 Å². The van der Waals surface area contributed by atoms with E-state index in [4.69, 9.17) is 4.74 Å². The van der Waals surface area contributed by atoms with Crippen LogP contribution in [-0.2, 0) is 9.53 Å². The lowest BCUT2D eigenvalue weighted by molar-refractivity contribution is -0.141. The van der Waals surface area contributed by atoms with E-state index in [0.717, 1.165) is 24.2 Å². The van der Waals surface area contributed by atoms with Gasteiger partial charge >= 0.3 is 5.97 Å². The quantitative estimate of drug-likeness (QED) is 0.801. The third-order valence-electron chi connectivity index (χ3n) is 3.89. The normalized spacial score (nSPS) is 18.5. The minimum atomic E-state index is -0.319. The van der Waals surface area contributed by atoms with Crippen LogP contribution in [0.25, 0.3) is 5.57 Å². The highest BCUT2D eigenvalue weighted by atomic mass is 19.1. The van der Waals surface area contributed by atoms with E-state index in [2.05, 4.69) is 16.1 Å². The van der Waals surface area contributed by atoms with Gasteiger partial charge < -0.3 is 9.64 Å². The van der Waals surface area contributed by atoms with E-state index >= 15 is 0 Å². The van der Waals surface area contributed by atoms with Crippen molar-refractivity contribution in [1.82, 2.24) is 4.90 Å². The number of carbonyl (C=O) groups is 1. The average Bonchev–Trinajstić information content (AvgIpc) is 3.08. The second kappa shape index (κ2) is 6.30.